The number of hydrogen-bond acceptors (Lipinski definition) is 3. The smallest absolute Gasteiger partial charge is 0.124 e. The summed E-state index contributed by atoms with van der Waals surface area (Å²) >= 11 is 0. The van der Waals surface area contributed by atoms with Crippen molar-refractivity contribution in [1.82, 2.24) is 5.43 Å². The van der Waals surface area contributed by atoms with Crippen molar-refractivity contribution in [3.63, 3.8) is 0 Å². The predicted octanol–water partition coefficient (Wildman–Crippen LogP) is 3.44. The van der Waals surface area contributed by atoms with Crippen molar-refractivity contribution in [1.29, 1.82) is 0 Å². The van der Waals surface area contributed by atoms with E-state index in [0.29, 0.717) is 0 Å². The van der Waals surface area contributed by atoms with E-state index in [0.717, 1.165) is 0 Å². The third-order valence-electron chi connectivity index (χ3n) is 2.99. The summed E-state index contributed by atoms with van der Waals surface area (Å²) in [6.45, 7) is 0. The quantitative estimate of drug-likeness (QED) is 0.831. The fourth-order valence-corrected chi connectivity index (χ4v) is 2.12. The lowest BCUT2D eigenvalue weighted by molar-refractivity contribution is 0.551. The molecule has 0 fully saturated rings. The minimum atomic E-state index is 0.0681. The SMILES string of the molecule is c1ccc(C2N=NNC2c2ccccc2)cc1. The topological polar surface area (TPSA) is 36.8 Å². The Bertz CT molecular complexity index is 508. The van der Waals surface area contributed by atoms with Crippen molar-refractivity contribution in [2.75, 3.05) is 0 Å². The first-order valence-corrected chi connectivity index (χ1v) is 5.70. The maximum atomic E-state index is 4.28. The Kier molecular flexibility index (Phi) is 2.58. The summed E-state index contributed by atoms with van der Waals surface area (Å²) < 4.78 is 0. The molecule has 1 aliphatic rings. The summed E-state index contributed by atoms with van der Waals surface area (Å²) in [5.41, 5.74) is 5.48. The van der Waals surface area contributed by atoms with Gasteiger partial charge in [-0.05, 0) is 11.1 Å². The van der Waals surface area contributed by atoms with E-state index >= 15 is 0 Å². The van der Waals surface area contributed by atoms with Crippen molar-refractivity contribution in [2.45, 2.75) is 12.1 Å². The Labute approximate surface area is 100 Å². The Hall–Kier alpha value is -2.16. The average molecular weight is 223 g/mol. The van der Waals surface area contributed by atoms with Crippen LogP contribution in [0.3, 0.4) is 0 Å². The zero-order valence-corrected chi connectivity index (χ0v) is 9.32. The molecule has 3 nitrogen and oxygen atoms in total. The van der Waals surface area contributed by atoms with E-state index in [1.165, 1.54) is 11.1 Å². The van der Waals surface area contributed by atoms with E-state index < -0.39 is 0 Å². The fourth-order valence-electron chi connectivity index (χ4n) is 2.12. The second-order valence-electron chi connectivity index (χ2n) is 4.09. The highest BCUT2D eigenvalue weighted by Crippen LogP contribution is 2.35. The molecular formula is C14H13N3. The molecular weight excluding hydrogens is 210 g/mol. The number of rotatable bonds is 2. The van der Waals surface area contributed by atoms with Crippen molar-refractivity contribution >= 4 is 0 Å². The van der Waals surface area contributed by atoms with Crippen molar-refractivity contribution in [3.05, 3.63) is 71.8 Å². The van der Waals surface area contributed by atoms with Crippen LogP contribution in [0.25, 0.3) is 0 Å². The monoisotopic (exact) mass is 223 g/mol. The number of benzene rings is 2. The Morgan fingerprint density at radius 2 is 1.35 bits per heavy atom. The van der Waals surface area contributed by atoms with Crippen molar-refractivity contribution in [3.8, 4) is 0 Å². The molecule has 1 aliphatic heterocycles. The molecule has 0 amide bonds. The van der Waals surface area contributed by atoms with E-state index in [-0.39, 0.29) is 12.1 Å². The van der Waals surface area contributed by atoms with Crippen LogP contribution in [0.4, 0.5) is 0 Å². The minimum Gasteiger partial charge on any atom is -0.282 e. The van der Waals surface area contributed by atoms with Gasteiger partial charge in [0, 0.05) is 0 Å². The third kappa shape index (κ3) is 1.91. The van der Waals surface area contributed by atoms with E-state index in [1.54, 1.807) is 0 Å². The van der Waals surface area contributed by atoms with Gasteiger partial charge in [-0.2, -0.15) is 5.11 Å². The van der Waals surface area contributed by atoms with Crippen LogP contribution in [0.5, 0.6) is 0 Å². The maximum Gasteiger partial charge on any atom is 0.124 e. The van der Waals surface area contributed by atoms with Crippen LogP contribution in [0.2, 0.25) is 0 Å². The van der Waals surface area contributed by atoms with Crippen LogP contribution in [0.15, 0.2) is 71.0 Å². The fraction of sp³-hybridized carbons (Fsp3) is 0.143. The molecule has 0 radical (unpaired) electrons. The molecule has 84 valence electrons. The maximum absolute atomic E-state index is 4.28. The van der Waals surface area contributed by atoms with Gasteiger partial charge in [0.15, 0.2) is 0 Å². The number of hydrogen-bond donors (Lipinski definition) is 1. The van der Waals surface area contributed by atoms with Crippen LogP contribution in [-0.4, -0.2) is 0 Å². The molecule has 2 aromatic rings. The van der Waals surface area contributed by atoms with E-state index in [2.05, 4.69) is 40.0 Å². The normalized spacial score (nSPS) is 22.4. The molecule has 2 unspecified atom stereocenters. The van der Waals surface area contributed by atoms with Gasteiger partial charge in [0.2, 0.25) is 0 Å². The van der Waals surface area contributed by atoms with E-state index in [1.807, 2.05) is 36.4 Å². The third-order valence-corrected chi connectivity index (χ3v) is 2.99. The minimum absolute atomic E-state index is 0.0681. The van der Waals surface area contributed by atoms with Gasteiger partial charge in [-0.25, -0.2) is 0 Å². The molecule has 2 atom stereocenters. The molecule has 0 spiro atoms. The van der Waals surface area contributed by atoms with Crippen LogP contribution >= 0.6 is 0 Å². The van der Waals surface area contributed by atoms with Gasteiger partial charge in [-0.1, -0.05) is 65.9 Å². The Balaban J connectivity index is 1.93. The molecule has 3 rings (SSSR count). The summed E-state index contributed by atoms with van der Waals surface area (Å²) in [4.78, 5) is 0. The first-order chi connectivity index (χ1) is 8.45. The first-order valence-electron chi connectivity index (χ1n) is 5.70. The molecule has 0 saturated carbocycles. The molecule has 1 heterocycles. The van der Waals surface area contributed by atoms with Crippen LogP contribution in [0, 0.1) is 0 Å². The van der Waals surface area contributed by atoms with E-state index in [9.17, 15) is 0 Å². The van der Waals surface area contributed by atoms with Gasteiger partial charge in [-0.15, -0.1) is 0 Å². The van der Waals surface area contributed by atoms with Crippen molar-refractivity contribution < 1.29 is 0 Å². The van der Waals surface area contributed by atoms with Gasteiger partial charge >= 0.3 is 0 Å². The van der Waals surface area contributed by atoms with Gasteiger partial charge in [-0.3, -0.25) is 5.43 Å². The van der Waals surface area contributed by atoms with Crippen LogP contribution in [-0.2, 0) is 0 Å². The average Bonchev–Trinajstić information content (AvgIpc) is 2.90. The lowest BCUT2D eigenvalue weighted by Crippen LogP contribution is -2.16. The van der Waals surface area contributed by atoms with Gasteiger partial charge in [0.05, 0.1) is 6.04 Å². The molecule has 0 aromatic heterocycles. The van der Waals surface area contributed by atoms with Crippen LogP contribution in [0.1, 0.15) is 23.2 Å². The lowest BCUT2D eigenvalue weighted by Gasteiger charge is -2.16. The summed E-state index contributed by atoms with van der Waals surface area (Å²) in [5, 5.41) is 8.25. The van der Waals surface area contributed by atoms with Gasteiger partial charge in [0.25, 0.3) is 0 Å². The first kappa shape index (κ1) is 10.0. The van der Waals surface area contributed by atoms with Crippen molar-refractivity contribution in [2.24, 2.45) is 10.3 Å². The highest BCUT2D eigenvalue weighted by molar-refractivity contribution is 5.28. The standard InChI is InChI=1S/C14H13N3/c1-3-7-11(8-4-1)13-14(16-17-15-13)12-9-5-2-6-10-12/h1-10,13-14H,(H,15,16). The Morgan fingerprint density at radius 3 is 2.00 bits per heavy atom. The molecule has 1 N–H and O–H groups in total. The lowest BCUT2D eigenvalue weighted by atomic mass is 9.95. The summed E-state index contributed by atoms with van der Waals surface area (Å²) in [6, 6.07) is 20.8. The second-order valence-corrected chi connectivity index (χ2v) is 4.09. The number of nitrogens with zero attached hydrogens (tertiary/aromatic N) is 2. The highest BCUT2D eigenvalue weighted by Gasteiger charge is 2.28. The Morgan fingerprint density at radius 1 is 0.765 bits per heavy atom. The molecule has 3 heteroatoms. The van der Waals surface area contributed by atoms with Gasteiger partial charge < -0.3 is 0 Å². The second kappa shape index (κ2) is 4.37. The van der Waals surface area contributed by atoms with Crippen LogP contribution < -0.4 is 5.43 Å². The van der Waals surface area contributed by atoms with E-state index in [4.69, 9.17) is 0 Å². The zero-order valence-electron chi connectivity index (χ0n) is 9.32. The summed E-state index contributed by atoms with van der Waals surface area (Å²) in [6.07, 6.45) is 0. The summed E-state index contributed by atoms with van der Waals surface area (Å²) in [5.74, 6) is 0. The van der Waals surface area contributed by atoms with Gasteiger partial charge in [0.1, 0.15) is 6.04 Å². The predicted molar refractivity (Wildman–Crippen MR) is 66.4 cm³/mol. The molecule has 0 saturated heterocycles. The summed E-state index contributed by atoms with van der Waals surface area (Å²) in [7, 11) is 0. The molecule has 17 heavy (non-hydrogen) atoms. The molecule has 0 bridgehead atoms. The molecule has 0 aliphatic carbocycles. The molecule has 2 aromatic carbocycles. The zero-order chi connectivity index (χ0) is 11.5. The number of nitrogens with one attached hydrogen (secondary N) is 1. The largest absolute Gasteiger partial charge is 0.282 e. The highest BCUT2D eigenvalue weighted by atomic mass is 15.5.